The maximum Gasteiger partial charge on any atom is 0.433 e. The molecule has 0 unspecified atom stereocenters. The average molecular weight is 309 g/mol. The number of rotatable bonds is 4. The number of hydrogen-bond donors (Lipinski definition) is 0. The van der Waals surface area contributed by atoms with Crippen molar-refractivity contribution in [1.82, 2.24) is 9.97 Å². The molecule has 1 fully saturated rings. The van der Waals surface area contributed by atoms with E-state index < -0.39 is 11.9 Å². The van der Waals surface area contributed by atoms with Crippen LogP contribution < -0.4 is 9.64 Å². The molecule has 2 aromatic rings. The van der Waals surface area contributed by atoms with Crippen molar-refractivity contribution in [2.75, 3.05) is 24.6 Å². The third kappa shape index (κ3) is 3.29. The number of alkyl halides is 3. The molecule has 116 valence electrons. The van der Waals surface area contributed by atoms with Crippen LogP contribution in [0.3, 0.4) is 0 Å². The first-order chi connectivity index (χ1) is 10.5. The summed E-state index contributed by atoms with van der Waals surface area (Å²) in [5, 5.41) is 0. The van der Waals surface area contributed by atoms with E-state index in [-0.39, 0.29) is 0 Å². The molecule has 1 aliphatic rings. The molecule has 0 saturated carbocycles. The first kappa shape index (κ1) is 14.6. The second kappa shape index (κ2) is 5.82. The van der Waals surface area contributed by atoms with E-state index in [0.717, 1.165) is 6.07 Å². The van der Waals surface area contributed by atoms with Gasteiger partial charge in [0.2, 0.25) is 0 Å². The van der Waals surface area contributed by atoms with Gasteiger partial charge in [-0.1, -0.05) is 0 Å². The van der Waals surface area contributed by atoms with Gasteiger partial charge in [-0.25, -0.2) is 0 Å². The molecular formula is C15H14F3N3O. The van der Waals surface area contributed by atoms with Crippen LogP contribution in [0.25, 0.3) is 0 Å². The van der Waals surface area contributed by atoms with E-state index in [1.807, 2.05) is 11.0 Å². The maximum absolute atomic E-state index is 12.6. The molecule has 7 heteroatoms. The fourth-order valence-electron chi connectivity index (χ4n) is 2.30. The Bertz CT molecular complexity index is 627. The summed E-state index contributed by atoms with van der Waals surface area (Å²) in [5.41, 5.74) is -0.319. The van der Waals surface area contributed by atoms with E-state index in [9.17, 15) is 13.2 Å². The van der Waals surface area contributed by atoms with Gasteiger partial charge in [-0.05, 0) is 24.3 Å². The standard InChI is InChI=1S/C15H14F3N3O/c16-15(17,18)14-6-12(3-5-20-14)21-8-11(9-21)10-22-13-2-1-4-19-7-13/h1-7,11H,8-10H2. The summed E-state index contributed by atoms with van der Waals surface area (Å²) < 4.78 is 43.5. The van der Waals surface area contributed by atoms with Gasteiger partial charge >= 0.3 is 6.18 Å². The molecule has 0 bridgehead atoms. The lowest BCUT2D eigenvalue weighted by molar-refractivity contribution is -0.141. The number of hydrogen-bond acceptors (Lipinski definition) is 4. The molecule has 3 heterocycles. The zero-order valence-electron chi connectivity index (χ0n) is 11.6. The largest absolute Gasteiger partial charge is 0.492 e. The summed E-state index contributed by atoms with van der Waals surface area (Å²) in [4.78, 5) is 9.20. The van der Waals surface area contributed by atoms with Crippen molar-refractivity contribution in [3.63, 3.8) is 0 Å². The van der Waals surface area contributed by atoms with Gasteiger partial charge in [-0.3, -0.25) is 9.97 Å². The Morgan fingerprint density at radius 3 is 2.73 bits per heavy atom. The Morgan fingerprint density at radius 1 is 1.23 bits per heavy atom. The van der Waals surface area contributed by atoms with Gasteiger partial charge in [-0.2, -0.15) is 13.2 Å². The highest BCUT2D eigenvalue weighted by Crippen LogP contribution is 2.32. The van der Waals surface area contributed by atoms with Crippen molar-refractivity contribution in [1.29, 1.82) is 0 Å². The van der Waals surface area contributed by atoms with Gasteiger partial charge in [0.15, 0.2) is 0 Å². The summed E-state index contributed by atoms with van der Waals surface area (Å²) in [7, 11) is 0. The molecule has 0 spiro atoms. The first-order valence-electron chi connectivity index (χ1n) is 6.83. The van der Waals surface area contributed by atoms with Crippen molar-refractivity contribution >= 4 is 5.69 Å². The van der Waals surface area contributed by atoms with Crippen LogP contribution in [0.1, 0.15) is 5.69 Å². The normalized spacial score (nSPS) is 15.5. The van der Waals surface area contributed by atoms with Gasteiger partial charge in [0, 0.05) is 37.1 Å². The van der Waals surface area contributed by atoms with Crippen molar-refractivity contribution in [2.24, 2.45) is 5.92 Å². The van der Waals surface area contributed by atoms with Gasteiger partial charge in [0.1, 0.15) is 11.4 Å². The van der Waals surface area contributed by atoms with E-state index in [1.54, 1.807) is 24.5 Å². The zero-order valence-corrected chi connectivity index (χ0v) is 11.6. The SMILES string of the molecule is FC(F)(F)c1cc(N2CC(COc3cccnc3)C2)ccn1. The molecule has 3 rings (SSSR count). The Hall–Kier alpha value is -2.31. The Kier molecular flexibility index (Phi) is 3.87. The highest BCUT2D eigenvalue weighted by Gasteiger charge is 2.34. The summed E-state index contributed by atoms with van der Waals surface area (Å²) in [5.74, 6) is 0.993. The van der Waals surface area contributed by atoms with E-state index in [0.29, 0.717) is 37.1 Å². The summed E-state index contributed by atoms with van der Waals surface area (Å²) in [6, 6.07) is 6.28. The number of ether oxygens (including phenoxy) is 1. The molecule has 1 aliphatic heterocycles. The third-order valence-corrected chi connectivity index (χ3v) is 3.48. The molecule has 0 aromatic carbocycles. The van der Waals surface area contributed by atoms with Gasteiger partial charge < -0.3 is 9.64 Å². The van der Waals surface area contributed by atoms with Crippen LogP contribution >= 0.6 is 0 Å². The average Bonchev–Trinajstić information content (AvgIpc) is 2.46. The topological polar surface area (TPSA) is 38.2 Å². The monoisotopic (exact) mass is 309 g/mol. The van der Waals surface area contributed by atoms with Crippen LogP contribution in [-0.2, 0) is 6.18 Å². The first-order valence-corrected chi connectivity index (χ1v) is 6.83. The van der Waals surface area contributed by atoms with Crippen LogP contribution in [0, 0.1) is 5.92 Å². The van der Waals surface area contributed by atoms with E-state index in [1.165, 1.54) is 6.20 Å². The van der Waals surface area contributed by atoms with Crippen molar-refractivity contribution in [3.05, 3.63) is 48.5 Å². The molecule has 0 N–H and O–H groups in total. The quantitative estimate of drug-likeness (QED) is 0.870. The van der Waals surface area contributed by atoms with Crippen molar-refractivity contribution < 1.29 is 17.9 Å². The lowest BCUT2D eigenvalue weighted by Crippen LogP contribution is -2.49. The van der Waals surface area contributed by atoms with Crippen molar-refractivity contribution in [2.45, 2.75) is 6.18 Å². The van der Waals surface area contributed by atoms with Crippen molar-refractivity contribution in [3.8, 4) is 5.75 Å². The number of halogens is 3. The predicted octanol–water partition coefficient (Wildman–Crippen LogP) is 3.01. The van der Waals surface area contributed by atoms with E-state index in [2.05, 4.69) is 9.97 Å². The minimum absolute atomic E-state index is 0.294. The lowest BCUT2D eigenvalue weighted by atomic mass is 10.0. The molecule has 4 nitrogen and oxygen atoms in total. The molecular weight excluding hydrogens is 295 g/mol. The maximum atomic E-state index is 12.6. The fourth-order valence-corrected chi connectivity index (χ4v) is 2.30. The summed E-state index contributed by atoms with van der Waals surface area (Å²) in [6.45, 7) is 1.86. The van der Waals surface area contributed by atoms with E-state index in [4.69, 9.17) is 4.74 Å². The van der Waals surface area contributed by atoms with Crippen LogP contribution in [0.2, 0.25) is 0 Å². The second-order valence-electron chi connectivity index (χ2n) is 5.17. The number of nitrogens with zero attached hydrogens (tertiary/aromatic N) is 3. The second-order valence-corrected chi connectivity index (χ2v) is 5.17. The minimum Gasteiger partial charge on any atom is -0.492 e. The molecule has 0 aliphatic carbocycles. The highest BCUT2D eigenvalue weighted by molar-refractivity contribution is 5.49. The van der Waals surface area contributed by atoms with Crippen LogP contribution in [0.15, 0.2) is 42.9 Å². The van der Waals surface area contributed by atoms with E-state index >= 15 is 0 Å². The van der Waals surface area contributed by atoms with Gasteiger partial charge in [0.25, 0.3) is 0 Å². The predicted molar refractivity (Wildman–Crippen MR) is 74.7 cm³/mol. The molecule has 0 radical (unpaired) electrons. The summed E-state index contributed by atoms with van der Waals surface area (Å²) >= 11 is 0. The highest BCUT2D eigenvalue weighted by atomic mass is 19.4. The molecule has 0 amide bonds. The van der Waals surface area contributed by atoms with Gasteiger partial charge in [-0.15, -0.1) is 0 Å². The summed E-state index contributed by atoms with van der Waals surface area (Å²) in [6.07, 6.45) is 0.0792. The number of pyridine rings is 2. The molecule has 0 atom stereocenters. The molecule has 2 aromatic heterocycles. The van der Waals surface area contributed by atoms with Gasteiger partial charge in [0.05, 0.1) is 12.8 Å². The Morgan fingerprint density at radius 2 is 2.05 bits per heavy atom. The molecule has 1 saturated heterocycles. The van der Waals surface area contributed by atoms with Crippen LogP contribution in [0.4, 0.5) is 18.9 Å². The minimum atomic E-state index is -4.41. The number of aromatic nitrogens is 2. The smallest absolute Gasteiger partial charge is 0.433 e. The third-order valence-electron chi connectivity index (χ3n) is 3.48. The fraction of sp³-hybridized carbons (Fsp3) is 0.333. The van der Waals surface area contributed by atoms with Crippen LogP contribution in [-0.4, -0.2) is 29.7 Å². The zero-order chi connectivity index (χ0) is 15.6. The van der Waals surface area contributed by atoms with Crippen LogP contribution in [0.5, 0.6) is 5.75 Å². The molecule has 22 heavy (non-hydrogen) atoms. The Labute approximate surface area is 125 Å². The number of anilines is 1. The Balaban J connectivity index is 1.53. The lowest BCUT2D eigenvalue weighted by Gasteiger charge is -2.40.